The van der Waals surface area contributed by atoms with Gasteiger partial charge in [0.05, 0.1) is 23.1 Å². The highest BCUT2D eigenvalue weighted by Gasteiger charge is 2.15. The maximum atomic E-state index is 12.5. The van der Waals surface area contributed by atoms with E-state index >= 15 is 0 Å². The van der Waals surface area contributed by atoms with Gasteiger partial charge in [0, 0.05) is 18.0 Å². The molecule has 0 saturated heterocycles. The highest BCUT2D eigenvalue weighted by Crippen LogP contribution is 2.26. The first-order chi connectivity index (χ1) is 12.2. The maximum absolute atomic E-state index is 12.5. The summed E-state index contributed by atoms with van der Waals surface area (Å²) >= 11 is 6.23. The van der Waals surface area contributed by atoms with E-state index in [9.17, 15) is 4.79 Å². The molecule has 1 amide bonds. The Bertz CT molecular complexity index is 1060. The Labute approximate surface area is 147 Å². The van der Waals surface area contributed by atoms with E-state index in [1.165, 1.54) is 29.3 Å². The molecule has 1 aromatic carbocycles. The Kier molecular flexibility index (Phi) is 3.83. The highest BCUT2D eigenvalue weighted by atomic mass is 35.5. The molecule has 3 aromatic heterocycles. The number of halogens is 1. The minimum atomic E-state index is -0.378. The third-order valence-corrected chi connectivity index (χ3v) is 3.88. The zero-order valence-electron chi connectivity index (χ0n) is 12.8. The number of rotatable bonds is 3. The van der Waals surface area contributed by atoms with Gasteiger partial charge < -0.3 is 5.32 Å². The number of fused-ring (bicyclic) bond motifs is 1. The van der Waals surface area contributed by atoms with E-state index in [0.717, 1.165) is 5.56 Å². The molecule has 1 N–H and O–H groups in total. The van der Waals surface area contributed by atoms with Gasteiger partial charge in [0.1, 0.15) is 0 Å². The van der Waals surface area contributed by atoms with Gasteiger partial charge in [-0.1, -0.05) is 29.8 Å². The second-order valence-electron chi connectivity index (χ2n) is 5.16. The first kappa shape index (κ1) is 15.2. The van der Waals surface area contributed by atoms with Crippen molar-refractivity contribution < 1.29 is 4.79 Å². The minimum Gasteiger partial charge on any atom is -0.304 e. The Morgan fingerprint density at radius 2 is 1.92 bits per heavy atom. The quantitative estimate of drug-likeness (QED) is 0.613. The van der Waals surface area contributed by atoms with E-state index in [1.807, 2.05) is 24.3 Å². The fourth-order valence-electron chi connectivity index (χ4n) is 2.38. The average Bonchev–Trinajstić information content (AvgIpc) is 3.06. The van der Waals surface area contributed by atoms with Crippen molar-refractivity contribution in [2.24, 2.45) is 0 Å². The molecule has 0 aliphatic heterocycles. The largest absolute Gasteiger partial charge is 0.304 e. The van der Waals surface area contributed by atoms with Gasteiger partial charge in [0.15, 0.2) is 17.2 Å². The van der Waals surface area contributed by atoms with Crippen LogP contribution in [0.4, 0.5) is 5.82 Å². The van der Waals surface area contributed by atoms with Gasteiger partial charge in [-0.3, -0.25) is 9.78 Å². The molecule has 4 aromatic rings. The SMILES string of the molecule is O=C(Nc1cnccn1)c1cnc2ccc(-c3ccccc3Cl)nn12. The lowest BCUT2D eigenvalue weighted by Crippen LogP contribution is -2.16. The van der Waals surface area contributed by atoms with Crippen LogP contribution in [0.3, 0.4) is 0 Å². The van der Waals surface area contributed by atoms with Gasteiger partial charge in [-0.05, 0) is 18.2 Å². The summed E-state index contributed by atoms with van der Waals surface area (Å²) in [6.45, 7) is 0. The Balaban J connectivity index is 1.74. The third kappa shape index (κ3) is 2.92. The van der Waals surface area contributed by atoms with Crippen molar-refractivity contribution in [3.63, 3.8) is 0 Å². The van der Waals surface area contributed by atoms with Crippen molar-refractivity contribution in [3.8, 4) is 11.3 Å². The van der Waals surface area contributed by atoms with E-state index in [1.54, 1.807) is 12.1 Å². The van der Waals surface area contributed by atoms with Gasteiger partial charge >= 0.3 is 0 Å². The molecule has 0 radical (unpaired) electrons. The summed E-state index contributed by atoms with van der Waals surface area (Å²) in [6, 6.07) is 11.0. The molecule has 8 heteroatoms. The second-order valence-corrected chi connectivity index (χ2v) is 5.56. The highest BCUT2D eigenvalue weighted by molar-refractivity contribution is 6.33. The maximum Gasteiger partial charge on any atom is 0.277 e. The number of imidazole rings is 1. The molecule has 122 valence electrons. The standard InChI is InChI=1S/C17H11ClN6O/c18-12-4-2-1-3-11(12)13-5-6-16-21-9-14(24(16)23-13)17(25)22-15-10-19-7-8-20-15/h1-10H,(H,20,22,25). The summed E-state index contributed by atoms with van der Waals surface area (Å²) < 4.78 is 1.48. The Morgan fingerprint density at radius 1 is 1.04 bits per heavy atom. The molecule has 0 bridgehead atoms. The summed E-state index contributed by atoms with van der Waals surface area (Å²) in [5.41, 5.74) is 2.26. The van der Waals surface area contributed by atoms with E-state index in [4.69, 9.17) is 11.6 Å². The fraction of sp³-hybridized carbons (Fsp3) is 0. The summed E-state index contributed by atoms with van der Waals surface area (Å²) in [7, 11) is 0. The molecule has 0 spiro atoms. The van der Waals surface area contributed by atoms with Gasteiger partial charge in [0.2, 0.25) is 0 Å². The zero-order valence-corrected chi connectivity index (χ0v) is 13.6. The lowest BCUT2D eigenvalue weighted by Gasteiger charge is -2.06. The Morgan fingerprint density at radius 3 is 2.72 bits per heavy atom. The summed E-state index contributed by atoms with van der Waals surface area (Å²) in [4.78, 5) is 24.6. The number of amides is 1. The molecule has 25 heavy (non-hydrogen) atoms. The summed E-state index contributed by atoms with van der Waals surface area (Å²) in [5.74, 6) is -0.0264. The number of anilines is 1. The third-order valence-electron chi connectivity index (χ3n) is 3.55. The molecular weight excluding hydrogens is 340 g/mol. The molecule has 0 aliphatic carbocycles. The molecule has 0 atom stereocenters. The lowest BCUT2D eigenvalue weighted by molar-refractivity contribution is 0.102. The van der Waals surface area contributed by atoms with Crippen LogP contribution in [0.1, 0.15) is 10.5 Å². The summed E-state index contributed by atoms with van der Waals surface area (Å²) in [5, 5.41) is 7.75. The first-order valence-electron chi connectivity index (χ1n) is 7.39. The van der Waals surface area contributed by atoms with Crippen molar-refractivity contribution >= 4 is 29.0 Å². The van der Waals surface area contributed by atoms with E-state index in [0.29, 0.717) is 22.2 Å². The molecular formula is C17H11ClN6O. The smallest absolute Gasteiger partial charge is 0.277 e. The summed E-state index contributed by atoms with van der Waals surface area (Å²) in [6.07, 6.45) is 5.95. The van der Waals surface area contributed by atoms with Crippen LogP contribution in [0.15, 0.2) is 61.2 Å². The predicted molar refractivity (Wildman–Crippen MR) is 93.4 cm³/mol. The second kappa shape index (κ2) is 6.29. The number of carbonyl (C=O) groups excluding carboxylic acids is 1. The fourth-order valence-corrected chi connectivity index (χ4v) is 2.62. The van der Waals surface area contributed by atoms with E-state index < -0.39 is 0 Å². The number of nitrogens with zero attached hydrogens (tertiary/aromatic N) is 5. The topological polar surface area (TPSA) is 85.1 Å². The number of nitrogens with one attached hydrogen (secondary N) is 1. The van der Waals surface area contributed by atoms with Crippen LogP contribution in [-0.2, 0) is 0 Å². The molecule has 4 rings (SSSR count). The van der Waals surface area contributed by atoms with Crippen LogP contribution in [0, 0.1) is 0 Å². The first-order valence-corrected chi connectivity index (χ1v) is 7.77. The molecule has 0 saturated carbocycles. The van der Waals surface area contributed by atoms with Crippen LogP contribution in [0.5, 0.6) is 0 Å². The van der Waals surface area contributed by atoms with Crippen LogP contribution in [0.2, 0.25) is 5.02 Å². The molecule has 7 nitrogen and oxygen atoms in total. The van der Waals surface area contributed by atoms with Gasteiger partial charge in [-0.15, -0.1) is 0 Å². The lowest BCUT2D eigenvalue weighted by atomic mass is 10.1. The molecule has 0 aliphatic rings. The zero-order chi connectivity index (χ0) is 17.2. The van der Waals surface area contributed by atoms with E-state index in [-0.39, 0.29) is 11.6 Å². The van der Waals surface area contributed by atoms with Gasteiger partial charge in [-0.25, -0.2) is 14.5 Å². The number of hydrogen-bond acceptors (Lipinski definition) is 5. The number of hydrogen-bond donors (Lipinski definition) is 1. The van der Waals surface area contributed by atoms with Crippen LogP contribution >= 0.6 is 11.6 Å². The number of aromatic nitrogens is 5. The van der Waals surface area contributed by atoms with Crippen LogP contribution in [0.25, 0.3) is 16.9 Å². The van der Waals surface area contributed by atoms with Gasteiger partial charge in [0.25, 0.3) is 5.91 Å². The van der Waals surface area contributed by atoms with Crippen molar-refractivity contribution in [2.75, 3.05) is 5.32 Å². The van der Waals surface area contributed by atoms with Crippen LogP contribution < -0.4 is 5.32 Å². The molecule has 0 unspecified atom stereocenters. The molecule has 0 fully saturated rings. The van der Waals surface area contributed by atoms with Crippen molar-refractivity contribution in [2.45, 2.75) is 0 Å². The van der Waals surface area contributed by atoms with Gasteiger partial charge in [-0.2, -0.15) is 5.10 Å². The number of carbonyl (C=O) groups is 1. The number of benzene rings is 1. The van der Waals surface area contributed by atoms with Crippen LogP contribution in [-0.4, -0.2) is 30.5 Å². The predicted octanol–water partition coefficient (Wildman–Crippen LogP) is 3.09. The Hall–Kier alpha value is -3.32. The van der Waals surface area contributed by atoms with Crippen molar-refractivity contribution in [1.29, 1.82) is 0 Å². The van der Waals surface area contributed by atoms with E-state index in [2.05, 4.69) is 25.4 Å². The van der Waals surface area contributed by atoms with Crippen molar-refractivity contribution in [3.05, 3.63) is 71.9 Å². The monoisotopic (exact) mass is 350 g/mol. The molecule has 3 heterocycles. The average molecular weight is 351 g/mol. The van der Waals surface area contributed by atoms with Crippen molar-refractivity contribution in [1.82, 2.24) is 24.6 Å². The minimum absolute atomic E-state index is 0.287. The normalized spacial score (nSPS) is 10.8.